The molecule has 0 saturated carbocycles. The van der Waals surface area contributed by atoms with Gasteiger partial charge in [0.05, 0.1) is 31.6 Å². The first-order chi connectivity index (χ1) is 13.8. The molecule has 9 nitrogen and oxygen atoms in total. The molecule has 0 spiro atoms. The van der Waals surface area contributed by atoms with E-state index in [0.717, 1.165) is 18.4 Å². The maximum atomic E-state index is 12.7. The number of methoxy groups -OCH3 is 2. The number of urea groups is 1. The number of nitrogens with one attached hydrogen (secondary N) is 2. The lowest BCUT2D eigenvalue weighted by atomic mass is 9.95. The topological polar surface area (TPSA) is 131 Å². The largest absolute Gasteiger partial charge is 0.504 e. The molecule has 1 aromatic carbocycles. The van der Waals surface area contributed by atoms with Gasteiger partial charge in [0, 0.05) is 5.70 Å². The number of thiophene rings is 1. The second-order valence-electron chi connectivity index (χ2n) is 6.04. The molecule has 3 rings (SSSR count). The first-order valence-electron chi connectivity index (χ1n) is 8.29. The van der Waals surface area contributed by atoms with Crippen LogP contribution in [-0.4, -0.2) is 45.5 Å². The van der Waals surface area contributed by atoms with E-state index < -0.39 is 33.6 Å². The summed E-state index contributed by atoms with van der Waals surface area (Å²) >= 11 is 1.04. The number of phenols is 1. The Kier molecular flexibility index (Phi) is 5.80. The van der Waals surface area contributed by atoms with Gasteiger partial charge >= 0.3 is 12.0 Å². The molecule has 29 heavy (non-hydrogen) atoms. The van der Waals surface area contributed by atoms with Crippen LogP contribution in [0.2, 0.25) is 0 Å². The van der Waals surface area contributed by atoms with Crippen molar-refractivity contribution in [2.45, 2.75) is 10.3 Å². The fourth-order valence-electron chi connectivity index (χ4n) is 2.91. The minimum absolute atomic E-state index is 0.0556. The molecule has 0 radical (unpaired) electrons. The van der Waals surface area contributed by atoms with Crippen molar-refractivity contribution in [1.82, 2.24) is 10.6 Å². The third-order valence-electron chi connectivity index (χ3n) is 4.23. The molecule has 0 fully saturated rings. The van der Waals surface area contributed by atoms with E-state index in [-0.39, 0.29) is 27.0 Å². The lowest BCUT2D eigenvalue weighted by molar-refractivity contribution is -0.136. The van der Waals surface area contributed by atoms with Gasteiger partial charge in [-0.15, -0.1) is 11.3 Å². The summed E-state index contributed by atoms with van der Waals surface area (Å²) in [7, 11) is -1.28. The van der Waals surface area contributed by atoms with Crippen LogP contribution < -0.4 is 15.4 Å². The summed E-state index contributed by atoms with van der Waals surface area (Å²) in [6.07, 6.45) is 0. The number of phenolic OH excluding ortho intramolecular Hbond substituents is 1. The Morgan fingerprint density at radius 3 is 2.66 bits per heavy atom. The van der Waals surface area contributed by atoms with Gasteiger partial charge in [-0.3, -0.25) is 0 Å². The first kappa shape index (κ1) is 20.7. The van der Waals surface area contributed by atoms with E-state index in [2.05, 4.69) is 10.6 Å². The van der Waals surface area contributed by atoms with Crippen molar-refractivity contribution < 1.29 is 32.6 Å². The van der Waals surface area contributed by atoms with Crippen LogP contribution in [0.15, 0.2) is 51.2 Å². The van der Waals surface area contributed by atoms with Crippen LogP contribution >= 0.6 is 11.3 Å². The molecule has 2 heterocycles. The van der Waals surface area contributed by atoms with Gasteiger partial charge in [-0.2, -0.15) is 0 Å². The van der Waals surface area contributed by atoms with E-state index in [4.69, 9.17) is 9.47 Å². The van der Waals surface area contributed by atoms with Gasteiger partial charge in [0.15, 0.2) is 21.3 Å². The fourth-order valence-corrected chi connectivity index (χ4v) is 5.32. The Bertz CT molecular complexity index is 1080. The van der Waals surface area contributed by atoms with Gasteiger partial charge in [0.25, 0.3) is 0 Å². The van der Waals surface area contributed by atoms with Crippen molar-refractivity contribution >= 4 is 33.2 Å². The van der Waals surface area contributed by atoms with Gasteiger partial charge in [0.1, 0.15) is 4.21 Å². The number of benzene rings is 1. The summed E-state index contributed by atoms with van der Waals surface area (Å²) in [5, 5.41) is 16.4. The zero-order valence-corrected chi connectivity index (χ0v) is 17.1. The number of carbonyl (C=O) groups is 2. The van der Waals surface area contributed by atoms with Crippen molar-refractivity contribution in [3.05, 3.63) is 52.5 Å². The van der Waals surface area contributed by atoms with Crippen molar-refractivity contribution in [1.29, 1.82) is 0 Å². The Labute approximate surface area is 170 Å². The van der Waals surface area contributed by atoms with E-state index in [1.54, 1.807) is 11.4 Å². The number of amides is 2. The van der Waals surface area contributed by atoms with Crippen molar-refractivity contribution in [3.8, 4) is 11.5 Å². The van der Waals surface area contributed by atoms with Gasteiger partial charge in [-0.1, -0.05) is 12.1 Å². The Balaban J connectivity index is 2.12. The summed E-state index contributed by atoms with van der Waals surface area (Å²) in [4.78, 5) is 24.7. The number of ether oxygens (including phenoxy) is 2. The van der Waals surface area contributed by atoms with E-state index in [0.29, 0.717) is 5.56 Å². The monoisotopic (exact) mass is 438 g/mol. The highest BCUT2D eigenvalue weighted by molar-refractivity contribution is 7.93. The van der Waals surface area contributed by atoms with Crippen molar-refractivity contribution in [2.75, 3.05) is 20.0 Å². The van der Waals surface area contributed by atoms with Gasteiger partial charge in [0.2, 0.25) is 0 Å². The molecule has 1 atom stereocenters. The van der Waals surface area contributed by atoms with E-state index in [9.17, 15) is 23.1 Å². The van der Waals surface area contributed by atoms with Crippen LogP contribution in [0.25, 0.3) is 0 Å². The minimum Gasteiger partial charge on any atom is -0.504 e. The Hall–Kier alpha value is -3.05. The second kappa shape index (κ2) is 8.13. The predicted molar refractivity (Wildman–Crippen MR) is 104 cm³/mol. The quantitative estimate of drug-likeness (QED) is 0.585. The van der Waals surface area contributed by atoms with Crippen LogP contribution in [0, 0.1) is 0 Å². The van der Waals surface area contributed by atoms with Crippen molar-refractivity contribution in [3.63, 3.8) is 0 Å². The summed E-state index contributed by atoms with van der Waals surface area (Å²) in [6.45, 7) is 0. The smallest absolute Gasteiger partial charge is 0.338 e. The second-order valence-corrected chi connectivity index (χ2v) is 9.20. The van der Waals surface area contributed by atoms with Crippen LogP contribution in [-0.2, 0) is 19.4 Å². The number of carbonyl (C=O) groups excluding carboxylic acids is 2. The molecule has 0 saturated heterocycles. The van der Waals surface area contributed by atoms with E-state index in [1.165, 1.54) is 31.4 Å². The highest BCUT2D eigenvalue weighted by Gasteiger charge is 2.36. The Morgan fingerprint density at radius 1 is 1.28 bits per heavy atom. The molecule has 11 heteroatoms. The molecule has 1 aliphatic heterocycles. The molecule has 0 aliphatic carbocycles. The fraction of sp³-hybridized carbons (Fsp3) is 0.222. The number of hydrogen-bond donors (Lipinski definition) is 3. The van der Waals surface area contributed by atoms with E-state index >= 15 is 0 Å². The molecule has 1 aliphatic rings. The number of aromatic hydroxyl groups is 1. The number of esters is 1. The molecule has 0 bridgehead atoms. The SMILES string of the molecule is COC(=O)C1=C(CS(=O)(=O)c2cccs2)NC(=O)NC1c1ccc(O)c(OC)c1. The third kappa shape index (κ3) is 4.20. The molecule has 154 valence electrons. The average molecular weight is 438 g/mol. The molecular formula is C18H18N2O7S2. The molecule has 1 unspecified atom stereocenters. The molecule has 2 aromatic rings. The van der Waals surface area contributed by atoms with Gasteiger partial charge in [-0.25, -0.2) is 18.0 Å². The van der Waals surface area contributed by atoms with Gasteiger partial charge < -0.3 is 25.2 Å². The van der Waals surface area contributed by atoms with Crippen molar-refractivity contribution in [2.24, 2.45) is 0 Å². The first-order valence-corrected chi connectivity index (χ1v) is 10.8. The predicted octanol–water partition coefficient (Wildman–Crippen LogP) is 1.72. The zero-order valence-electron chi connectivity index (χ0n) is 15.5. The van der Waals surface area contributed by atoms with Crippen LogP contribution in [0.4, 0.5) is 4.79 Å². The number of hydrogen-bond acceptors (Lipinski definition) is 8. The minimum atomic E-state index is -3.79. The van der Waals surface area contributed by atoms with Crippen LogP contribution in [0.5, 0.6) is 11.5 Å². The standard InChI is InChI=1S/C18H18N2O7S2/c1-26-13-8-10(5-6-12(13)21)16-15(17(22)27-2)11(19-18(23)20-16)9-29(24,25)14-4-3-7-28-14/h3-8,16,21H,9H2,1-2H3,(H2,19,20,23). The molecule has 3 N–H and O–H groups in total. The summed E-state index contributed by atoms with van der Waals surface area (Å²) in [5.41, 5.74) is 0.270. The lowest BCUT2D eigenvalue weighted by Crippen LogP contribution is -2.47. The van der Waals surface area contributed by atoms with Gasteiger partial charge in [-0.05, 0) is 29.1 Å². The van der Waals surface area contributed by atoms with Crippen LogP contribution in [0.3, 0.4) is 0 Å². The maximum absolute atomic E-state index is 12.7. The summed E-state index contributed by atoms with van der Waals surface area (Å²) in [5.74, 6) is -1.38. The molecular weight excluding hydrogens is 420 g/mol. The Morgan fingerprint density at radius 2 is 2.03 bits per heavy atom. The highest BCUT2D eigenvalue weighted by atomic mass is 32.2. The third-order valence-corrected chi connectivity index (χ3v) is 7.36. The highest BCUT2D eigenvalue weighted by Crippen LogP contribution is 2.34. The maximum Gasteiger partial charge on any atom is 0.338 e. The zero-order chi connectivity index (χ0) is 21.2. The summed E-state index contributed by atoms with van der Waals surface area (Å²) < 4.78 is 35.4. The molecule has 2 amide bonds. The van der Waals surface area contributed by atoms with E-state index in [1.807, 2.05) is 0 Å². The normalized spacial score (nSPS) is 16.8. The summed E-state index contributed by atoms with van der Waals surface area (Å²) in [6, 6.07) is 5.65. The van der Waals surface area contributed by atoms with Crippen LogP contribution in [0.1, 0.15) is 11.6 Å². The average Bonchev–Trinajstić information content (AvgIpc) is 3.23. The lowest BCUT2D eigenvalue weighted by Gasteiger charge is -2.29. The number of sulfone groups is 1. The molecule has 1 aromatic heterocycles. The number of rotatable bonds is 6.